The number of rotatable bonds is 4. The fraction of sp³-hybridized carbons (Fsp3) is 0.474. The Morgan fingerprint density at radius 1 is 1.44 bits per heavy atom. The molecule has 6 nitrogen and oxygen atoms in total. The van der Waals surface area contributed by atoms with Crippen LogP contribution in [0.2, 0.25) is 0 Å². The van der Waals surface area contributed by atoms with Crippen LogP contribution < -0.4 is 15.4 Å². The van der Waals surface area contributed by atoms with Crippen molar-refractivity contribution in [3.05, 3.63) is 41.2 Å². The molecule has 0 saturated heterocycles. The molecule has 0 radical (unpaired) electrons. The molecule has 0 spiro atoms. The summed E-state index contributed by atoms with van der Waals surface area (Å²) in [7, 11) is 0. The second kappa shape index (κ2) is 6.88. The van der Waals surface area contributed by atoms with E-state index in [0.29, 0.717) is 12.8 Å². The van der Waals surface area contributed by atoms with Crippen LogP contribution in [-0.2, 0) is 30.7 Å². The molecule has 1 aromatic carbocycles. The fourth-order valence-electron chi connectivity index (χ4n) is 3.51. The first-order chi connectivity index (χ1) is 12.2. The molecule has 3 heterocycles. The summed E-state index contributed by atoms with van der Waals surface area (Å²) in [4.78, 5) is 12.3. The van der Waals surface area contributed by atoms with E-state index in [4.69, 9.17) is 4.74 Å². The van der Waals surface area contributed by atoms with Crippen LogP contribution in [0.4, 0.5) is 5.69 Å². The van der Waals surface area contributed by atoms with Crippen molar-refractivity contribution in [2.75, 3.05) is 11.9 Å². The van der Waals surface area contributed by atoms with Gasteiger partial charge in [0.05, 0.1) is 11.4 Å². The molecule has 4 rings (SSSR count). The Balaban J connectivity index is 1.33. The van der Waals surface area contributed by atoms with E-state index in [2.05, 4.69) is 33.4 Å². The molecule has 6 heteroatoms. The van der Waals surface area contributed by atoms with E-state index in [1.54, 1.807) is 0 Å². The van der Waals surface area contributed by atoms with Gasteiger partial charge in [0.2, 0.25) is 5.91 Å². The highest BCUT2D eigenvalue weighted by Crippen LogP contribution is 2.31. The monoisotopic (exact) mass is 340 g/mol. The first-order valence-corrected chi connectivity index (χ1v) is 9.03. The first kappa shape index (κ1) is 16.1. The van der Waals surface area contributed by atoms with Crippen molar-refractivity contribution in [1.29, 1.82) is 0 Å². The van der Waals surface area contributed by atoms with E-state index < -0.39 is 0 Å². The fourth-order valence-corrected chi connectivity index (χ4v) is 3.51. The van der Waals surface area contributed by atoms with Gasteiger partial charge >= 0.3 is 0 Å². The lowest BCUT2D eigenvalue weighted by atomic mass is 10.1. The van der Waals surface area contributed by atoms with Crippen molar-refractivity contribution < 1.29 is 9.53 Å². The Morgan fingerprint density at radius 3 is 3.28 bits per heavy atom. The number of nitrogens with one attached hydrogen (secondary N) is 2. The molecular weight excluding hydrogens is 316 g/mol. The van der Waals surface area contributed by atoms with Crippen molar-refractivity contribution in [2.45, 2.75) is 51.8 Å². The number of aromatic nitrogens is 2. The number of carbonyl (C=O) groups is 1. The predicted molar refractivity (Wildman–Crippen MR) is 95.7 cm³/mol. The van der Waals surface area contributed by atoms with E-state index in [1.165, 1.54) is 5.69 Å². The summed E-state index contributed by atoms with van der Waals surface area (Å²) in [5, 5.41) is 11.0. The maximum absolute atomic E-state index is 12.3. The summed E-state index contributed by atoms with van der Waals surface area (Å²) in [6.45, 7) is 4.89. The van der Waals surface area contributed by atoms with E-state index in [9.17, 15) is 4.79 Å². The summed E-state index contributed by atoms with van der Waals surface area (Å²) in [6, 6.07) is 7.97. The zero-order chi connectivity index (χ0) is 17.2. The zero-order valence-electron chi connectivity index (χ0n) is 14.5. The molecule has 0 saturated carbocycles. The third-order valence-electron chi connectivity index (χ3n) is 4.73. The zero-order valence-corrected chi connectivity index (χ0v) is 14.5. The molecule has 0 aliphatic carbocycles. The number of anilines is 1. The van der Waals surface area contributed by atoms with Crippen LogP contribution in [0, 0.1) is 0 Å². The van der Waals surface area contributed by atoms with Crippen LogP contribution >= 0.6 is 0 Å². The molecule has 25 heavy (non-hydrogen) atoms. The highest BCUT2D eigenvalue weighted by atomic mass is 16.5. The Bertz CT molecular complexity index is 760. The highest BCUT2D eigenvalue weighted by Gasteiger charge is 2.19. The van der Waals surface area contributed by atoms with Crippen LogP contribution in [0.25, 0.3) is 0 Å². The molecular formula is C19H24N4O2. The van der Waals surface area contributed by atoms with Gasteiger partial charge in [-0.2, -0.15) is 5.10 Å². The Hall–Kier alpha value is -2.34. The number of nitrogens with zero attached hydrogens (tertiary/aromatic N) is 2. The van der Waals surface area contributed by atoms with E-state index in [-0.39, 0.29) is 12.0 Å². The SMILES string of the molecule is C[C@H]1Cc2cc(NC(=O)CCc3cc4n(n3)CCCNC4)ccc2O1. The molecule has 2 N–H and O–H groups in total. The number of amides is 1. The summed E-state index contributed by atoms with van der Waals surface area (Å²) in [6.07, 6.45) is 3.31. The van der Waals surface area contributed by atoms with Crippen LogP contribution in [0.15, 0.2) is 24.3 Å². The van der Waals surface area contributed by atoms with Gasteiger partial charge in [0.15, 0.2) is 0 Å². The van der Waals surface area contributed by atoms with Gasteiger partial charge < -0.3 is 15.4 Å². The van der Waals surface area contributed by atoms with Crippen LogP contribution in [-0.4, -0.2) is 28.3 Å². The van der Waals surface area contributed by atoms with Gasteiger partial charge in [-0.1, -0.05) is 0 Å². The highest BCUT2D eigenvalue weighted by molar-refractivity contribution is 5.91. The second-order valence-corrected chi connectivity index (χ2v) is 6.88. The molecule has 1 aromatic heterocycles. The Kier molecular flexibility index (Phi) is 4.44. The molecule has 132 valence electrons. The smallest absolute Gasteiger partial charge is 0.224 e. The maximum atomic E-state index is 12.3. The molecule has 2 aromatic rings. The van der Waals surface area contributed by atoms with Gasteiger partial charge in [0.1, 0.15) is 11.9 Å². The normalized spacial score (nSPS) is 18.8. The minimum Gasteiger partial charge on any atom is -0.490 e. The topological polar surface area (TPSA) is 68.2 Å². The van der Waals surface area contributed by atoms with Gasteiger partial charge in [-0.3, -0.25) is 9.48 Å². The average molecular weight is 340 g/mol. The molecule has 2 aliphatic heterocycles. The van der Waals surface area contributed by atoms with Crippen molar-refractivity contribution in [3.8, 4) is 5.75 Å². The number of aryl methyl sites for hydroxylation is 2. The van der Waals surface area contributed by atoms with E-state index in [1.807, 2.05) is 18.2 Å². The first-order valence-electron chi connectivity index (χ1n) is 9.03. The molecule has 0 fully saturated rings. The maximum Gasteiger partial charge on any atom is 0.224 e. The minimum atomic E-state index is 0.0215. The van der Waals surface area contributed by atoms with Crippen molar-refractivity contribution in [2.24, 2.45) is 0 Å². The largest absolute Gasteiger partial charge is 0.490 e. The van der Waals surface area contributed by atoms with Gasteiger partial charge in [-0.15, -0.1) is 0 Å². The predicted octanol–water partition coefficient (Wildman–Crippen LogP) is 2.27. The number of benzene rings is 1. The third-order valence-corrected chi connectivity index (χ3v) is 4.73. The number of fused-ring (bicyclic) bond motifs is 2. The van der Waals surface area contributed by atoms with Gasteiger partial charge in [0.25, 0.3) is 0 Å². The third kappa shape index (κ3) is 3.69. The van der Waals surface area contributed by atoms with Gasteiger partial charge in [-0.05, 0) is 49.7 Å². The summed E-state index contributed by atoms with van der Waals surface area (Å²) < 4.78 is 7.76. The van der Waals surface area contributed by atoms with Crippen molar-refractivity contribution in [1.82, 2.24) is 15.1 Å². The van der Waals surface area contributed by atoms with E-state index >= 15 is 0 Å². The van der Waals surface area contributed by atoms with Gasteiger partial charge in [0, 0.05) is 38.0 Å². The number of hydrogen-bond donors (Lipinski definition) is 2. The number of hydrogen-bond acceptors (Lipinski definition) is 4. The Morgan fingerprint density at radius 2 is 2.36 bits per heavy atom. The van der Waals surface area contributed by atoms with Crippen molar-refractivity contribution >= 4 is 11.6 Å². The minimum absolute atomic E-state index is 0.0215. The summed E-state index contributed by atoms with van der Waals surface area (Å²) in [5.74, 6) is 0.951. The number of ether oxygens (including phenoxy) is 1. The van der Waals surface area contributed by atoms with Gasteiger partial charge in [-0.25, -0.2) is 0 Å². The molecule has 1 atom stereocenters. The summed E-state index contributed by atoms with van der Waals surface area (Å²) >= 11 is 0. The second-order valence-electron chi connectivity index (χ2n) is 6.88. The number of carbonyl (C=O) groups excluding carboxylic acids is 1. The standard InChI is InChI=1S/C19H24N4O2/c1-13-9-14-10-15(3-5-18(14)25-13)21-19(24)6-4-16-11-17-12-20-7-2-8-23(17)22-16/h3,5,10-11,13,20H,2,4,6-9,12H2,1H3,(H,21,24)/t13-/m0/s1. The molecule has 0 bridgehead atoms. The van der Waals surface area contributed by atoms with Crippen LogP contribution in [0.5, 0.6) is 5.75 Å². The van der Waals surface area contributed by atoms with Crippen LogP contribution in [0.3, 0.4) is 0 Å². The van der Waals surface area contributed by atoms with Crippen molar-refractivity contribution in [3.63, 3.8) is 0 Å². The molecule has 0 unspecified atom stereocenters. The lowest BCUT2D eigenvalue weighted by Crippen LogP contribution is -2.13. The Labute approximate surface area is 147 Å². The van der Waals surface area contributed by atoms with Crippen LogP contribution in [0.1, 0.15) is 36.7 Å². The molecule has 1 amide bonds. The van der Waals surface area contributed by atoms with E-state index in [0.717, 1.165) is 55.2 Å². The quantitative estimate of drug-likeness (QED) is 0.896. The molecule has 2 aliphatic rings. The average Bonchev–Trinajstić information content (AvgIpc) is 3.08. The summed E-state index contributed by atoms with van der Waals surface area (Å²) in [5.41, 5.74) is 4.20. The lowest BCUT2D eigenvalue weighted by Gasteiger charge is -2.06. The lowest BCUT2D eigenvalue weighted by molar-refractivity contribution is -0.116.